The molecule has 0 spiro atoms. The van der Waals surface area contributed by atoms with E-state index in [-0.39, 0.29) is 11.8 Å². The van der Waals surface area contributed by atoms with E-state index in [1.807, 2.05) is 73.7 Å². The van der Waals surface area contributed by atoms with Crippen molar-refractivity contribution in [3.05, 3.63) is 119 Å². The highest BCUT2D eigenvalue weighted by atomic mass is 16.2. The highest BCUT2D eigenvalue weighted by Crippen LogP contribution is 2.38. The van der Waals surface area contributed by atoms with Crippen LogP contribution in [0.3, 0.4) is 0 Å². The van der Waals surface area contributed by atoms with Crippen molar-refractivity contribution in [2.75, 3.05) is 15.5 Å². The molecule has 5 nitrogen and oxygen atoms in total. The molecule has 0 aliphatic carbocycles. The number of nitrogens with zero attached hydrogens (tertiary/aromatic N) is 1. The summed E-state index contributed by atoms with van der Waals surface area (Å²) in [6.07, 6.45) is 0. The Hall–Kier alpha value is -4.38. The fraction of sp³-hybridized carbons (Fsp3) is 0.0714. The minimum Gasteiger partial charge on any atom is -0.379 e. The van der Waals surface area contributed by atoms with E-state index in [1.54, 1.807) is 35.2 Å². The van der Waals surface area contributed by atoms with E-state index in [9.17, 15) is 9.59 Å². The molecule has 5 heteroatoms. The van der Waals surface area contributed by atoms with Crippen LogP contribution in [0.5, 0.6) is 0 Å². The summed E-state index contributed by atoms with van der Waals surface area (Å²) in [5.41, 5.74) is 6.33. The van der Waals surface area contributed by atoms with Crippen molar-refractivity contribution in [2.45, 2.75) is 13.5 Å². The number of benzene rings is 4. The maximum atomic E-state index is 13.7. The van der Waals surface area contributed by atoms with Gasteiger partial charge in [-0.2, -0.15) is 0 Å². The molecular weight excluding hydrogens is 410 g/mol. The van der Waals surface area contributed by atoms with Gasteiger partial charge >= 0.3 is 0 Å². The van der Waals surface area contributed by atoms with Gasteiger partial charge in [0.25, 0.3) is 11.8 Å². The molecule has 0 fully saturated rings. The predicted octanol–water partition coefficient (Wildman–Crippen LogP) is 6.15. The van der Waals surface area contributed by atoms with Gasteiger partial charge in [0.1, 0.15) is 0 Å². The molecule has 5 rings (SSSR count). The fourth-order valence-electron chi connectivity index (χ4n) is 4.09. The second-order valence-electron chi connectivity index (χ2n) is 7.99. The number of hydrogen-bond donors (Lipinski definition) is 2. The van der Waals surface area contributed by atoms with Crippen LogP contribution in [0.1, 0.15) is 31.8 Å². The largest absolute Gasteiger partial charge is 0.379 e. The smallest absolute Gasteiger partial charge is 0.262 e. The van der Waals surface area contributed by atoms with Crippen LogP contribution in [0, 0.1) is 6.92 Å². The first kappa shape index (κ1) is 20.5. The van der Waals surface area contributed by atoms with E-state index in [0.29, 0.717) is 23.4 Å². The number of rotatable bonds is 3. The van der Waals surface area contributed by atoms with Crippen molar-refractivity contribution in [1.82, 2.24) is 0 Å². The molecule has 0 saturated heterocycles. The van der Waals surface area contributed by atoms with E-state index >= 15 is 0 Å². The molecule has 1 heterocycles. The van der Waals surface area contributed by atoms with Crippen LogP contribution in [-0.2, 0) is 6.54 Å². The summed E-state index contributed by atoms with van der Waals surface area (Å²) < 4.78 is 0. The zero-order valence-electron chi connectivity index (χ0n) is 18.2. The lowest BCUT2D eigenvalue weighted by molar-refractivity contribution is 0.0997. The van der Waals surface area contributed by atoms with Crippen LogP contribution in [0.4, 0.5) is 22.7 Å². The minimum atomic E-state index is -0.173. The topological polar surface area (TPSA) is 61.4 Å². The Morgan fingerprint density at radius 1 is 0.788 bits per heavy atom. The molecule has 1 aliphatic heterocycles. The van der Waals surface area contributed by atoms with Crippen molar-refractivity contribution in [1.29, 1.82) is 0 Å². The van der Waals surface area contributed by atoms with Crippen LogP contribution >= 0.6 is 0 Å². The molecule has 0 radical (unpaired) electrons. The molecule has 0 bridgehead atoms. The second kappa shape index (κ2) is 8.63. The summed E-state index contributed by atoms with van der Waals surface area (Å²) in [6, 6.07) is 30.2. The summed E-state index contributed by atoms with van der Waals surface area (Å²) >= 11 is 0. The van der Waals surface area contributed by atoms with Gasteiger partial charge in [-0.15, -0.1) is 0 Å². The van der Waals surface area contributed by atoms with Crippen LogP contribution in [0.25, 0.3) is 0 Å². The lowest BCUT2D eigenvalue weighted by Gasteiger charge is -2.24. The first-order chi connectivity index (χ1) is 16.1. The first-order valence-electron chi connectivity index (χ1n) is 10.8. The average Bonchev–Trinajstić information content (AvgIpc) is 3.01. The summed E-state index contributed by atoms with van der Waals surface area (Å²) in [7, 11) is 0. The number of hydrogen-bond acceptors (Lipinski definition) is 3. The molecule has 0 atom stereocenters. The third kappa shape index (κ3) is 3.96. The monoisotopic (exact) mass is 433 g/mol. The summed E-state index contributed by atoms with van der Waals surface area (Å²) in [5, 5.41) is 6.34. The highest BCUT2D eigenvalue weighted by Gasteiger charge is 2.26. The Bertz CT molecular complexity index is 1300. The molecule has 2 N–H and O–H groups in total. The highest BCUT2D eigenvalue weighted by molar-refractivity contribution is 6.13. The second-order valence-corrected chi connectivity index (χ2v) is 7.99. The van der Waals surface area contributed by atoms with Crippen molar-refractivity contribution < 1.29 is 9.59 Å². The number of fused-ring (bicyclic) bond motifs is 2. The third-order valence-electron chi connectivity index (χ3n) is 5.83. The third-order valence-corrected chi connectivity index (χ3v) is 5.83. The van der Waals surface area contributed by atoms with Gasteiger partial charge in [0.2, 0.25) is 0 Å². The van der Waals surface area contributed by atoms with Gasteiger partial charge in [-0.25, -0.2) is 0 Å². The molecular formula is C28H23N3O2. The van der Waals surface area contributed by atoms with E-state index in [2.05, 4.69) is 10.6 Å². The van der Waals surface area contributed by atoms with Crippen molar-refractivity contribution in [2.24, 2.45) is 0 Å². The van der Waals surface area contributed by atoms with Crippen molar-refractivity contribution >= 4 is 34.6 Å². The fourth-order valence-corrected chi connectivity index (χ4v) is 4.09. The Labute approximate surface area is 192 Å². The summed E-state index contributed by atoms with van der Waals surface area (Å²) in [5.74, 6) is -0.302. The van der Waals surface area contributed by atoms with E-state index < -0.39 is 0 Å². The van der Waals surface area contributed by atoms with E-state index in [4.69, 9.17) is 0 Å². The summed E-state index contributed by atoms with van der Waals surface area (Å²) in [4.78, 5) is 28.1. The zero-order valence-corrected chi connectivity index (χ0v) is 18.2. The van der Waals surface area contributed by atoms with E-state index in [1.165, 1.54) is 0 Å². The Balaban J connectivity index is 1.45. The zero-order chi connectivity index (χ0) is 22.8. The molecule has 0 aromatic heterocycles. The molecule has 33 heavy (non-hydrogen) atoms. The van der Waals surface area contributed by atoms with Crippen LogP contribution in [0.2, 0.25) is 0 Å². The predicted molar refractivity (Wildman–Crippen MR) is 132 cm³/mol. The molecule has 2 amide bonds. The van der Waals surface area contributed by atoms with Crippen molar-refractivity contribution in [3.8, 4) is 0 Å². The molecule has 4 aromatic rings. The number of nitrogens with one attached hydrogen (secondary N) is 2. The molecule has 0 saturated carbocycles. The number of para-hydroxylation sites is 3. The van der Waals surface area contributed by atoms with Crippen LogP contribution in [0.15, 0.2) is 97.1 Å². The number of amides is 2. The molecule has 162 valence electrons. The van der Waals surface area contributed by atoms with Gasteiger partial charge in [0.05, 0.1) is 17.1 Å². The summed E-state index contributed by atoms with van der Waals surface area (Å²) in [6.45, 7) is 2.54. The number of carbonyl (C=O) groups excluding carboxylic acids is 2. The Kier molecular flexibility index (Phi) is 5.37. The number of aryl methyl sites for hydroxylation is 1. The molecule has 0 unspecified atom stereocenters. The van der Waals surface area contributed by atoms with Gasteiger partial charge in [-0.05, 0) is 66.6 Å². The number of anilines is 4. The Morgan fingerprint density at radius 2 is 1.45 bits per heavy atom. The minimum absolute atomic E-state index is 0.129. The van der Waals surface area contributed by atoms with Gasteiger partial charge < -0.3 is 10.6 Å². The lowest BCUT2D eigenvalue weighted by Crippen LogP contribution is -2.26. The normalized spacial score (nSPS) is 12.1. The van der Waals surface area contributed by atoms with Gasteiger partial charge in [0, 0.05) is 23.4 Å². The van der Waals surface area contributed by atoms with Crippen LogP contribution in [-0.4, -0.2) is 11.8 Å². The standard InChI is InChI=1S/C28H23N3O2/c1-19-8-2-4-10-23(19)27(32)30-22-16-14-20(15-17-22)28(33)31-25-12-6-3-9-21(25)18-29-24-11-5-7-13-26(24)31/h2-17,29H,18H2,1H3,(H,30,32). The van der Waals surface area contributed by atoms with Gasteiger partial charge in [-0.3, -0.25) is 14.5 Å². The maximum absolute atomic E-state index is 13.7. The Morgan fingerprint density at radius 3 is 2.24 bits per heavy atom. The maximum Gasteiger partial charge on any atom is 0.262 e. The van der Waals surface area contributed by atoms with E-state index in [0.717, 1.165) is 28.2 Å². The van der Waals surface area contributed by atoms with Gasteiger partial charge in [0.15, 0.2) is 0 Å². The van der Waals surface area contributed by atoms with Gasteiger partial charge in [-0.1, -0.05) is 48.5 Å². The average molecular weight is 434 g/mol. The van der Waals surface area contributed by atoms with Crippen LogP contribution < -0.4 is 15.5 Å². The lowest BCUT2D eigenvalue weighted by atomic mass is 10.1. The molecule has 1 aliphatic rings. The van der Waals surface area contributed by atoms with Crippen molar-refractivity contribution in [3.63, 3.8) is 0 Å². The SMILES string of the molecule is Cc1ccccc1C(=O)Nc1ccc(C(=O)N2c3ccccc3CNc3ccccc32)cc1. The quantitative estimate of drug-likeness (QED) is 0.407. The first-order valence-corrected chi connectivity index (χ1v) is 10.8. The molecule has 4 aromatic carbocycles. The number of carbonyl (C=O) groups is 2.